The first-order chi connectivity index (χ1) is 14.6. The van der Waals surface area contributed by atoms with E-state index in [-0.39, 0.29) is 30.1 Å². The Morgan fingerprint density at radius 3 is 2.48 bits per heavy atom. The molecule has 0 spiro atoms. The average molecular weight is 540 g/mol. The molecule has 1 aliphatic heterocycles. The largest absolute Gasteiger partial charge is 0.450 e. The van der Waals surface area contributed by atoms with Crippen LogP contribution in [0.2, 0.25) is 0 Å². The quantitative estimate of drug-likeness (QED) is 0.264. The Morgan fingerprint density at radius 1 is 1.16 bits per heavy atom. The number of aliphatic imine (C=N–C) groups is 1. The number of hydrogen-bond donors (Lipinski definition) is 1. The molecule has 1 fully saturated rings. The van der Waals surface area contributed by atoms with Gasteiger partial charge in [0.2, 0.25) is 0 Å². The molecule has 31 heavy (non-hydrogen) atoms. The first kappa shape index (κ1) is 25.0. The van der Waals surface area contributed by atoms with Gasteiger partial charge in [0.25, 0.3) is 0 Å². The van der Waals surface area contributed by atoms with Gasteiger partial charge in [0.05, 0.1) is 18.0 Å². The number of guanidine groups is 1. The summed E-state index contributed by atoms with van der Waals surface area (Å²) in [5.41, 5.74) is 3.41. The van der Waals surface area contributed by atoms with E-state index in [1.54, 1.807) is 11.9 Å². The van der Waals surface area contributed by atoms with Crippen LogP contribution in [0.3, 0.4) is 0 Å². The predicted octanol–water partition coefficient (Wildman–Crippen LogP) is 3.08. The van der Waals surface area contributed by atoms with E-state index < -0.39 is 0 Å². The number of aryl methyl sites for hydroxylation is 2. The van der Waals surface area contributed by atoms with Crippen molar-refractivity contribution in [3.05, 3.63) is 47.8 Å². The number of nitrogens with zero attached hydrogens (tertiary/aromatic N) is 5. The van der Waals surface area contributed by atoms with Crippen molar-refractivity contribution >= 4 is 36.0 Å². The highest BCUT2D eigenvalue weighted by Crippen LogP contribution is 2.13. The number of hydrogen-bond acceptors (Lipinski definition) is 4. The van der Waals surface area contributed by atoms with Gasteiger partial charge in [0, 0.05) is 46.0 Å². The normalized spacial score (nSPS) is 14.2. The van der Waals surface area contributed by atoms with Gasteiger partial charge in [0.1, 0.15) is 0 Å². The molecular weight excluding hydrogens is 507 g/mol. The lowest BCUT2D eigenvalue weighted by Gasteiger charge is -2.35. The Kier molecular flexibility index (Phi) is 10.1. The Hall–Kier alpha value is -2.30. The van der Waals surface area contributed by atoms with Crippen molar-refractivity contribution in [2.45, 2.75) is 26.7 Å². The van der Waals surface area contributed by atoms with Crippen LogP contribution in [-0.2, 0) is 11.2 Å². The molecule has 1 aromatic carbocycles. The van der Waals surface area contributed by atoms with E-state index in [2.05, 4.69) is 45.6 Å². The number of amides is 1. The lowest BCUT2D eigenvalue weighted by Crippen LogP contribution is -2.54. The number of aromatic nitrogens is 2. The van der Waals surface area contributed by atoms with Crippen LogP contribution in [0.4, 0.5) is 4.79 Å². The highest BCUT2D eigenvalue weighted by molar-refractivity contribution is 14.0. The molecular formula is C22H33IN6O2. The van der Waals surface area contributed by atoms with Crippen molar-refractivity contribution in [2.24, 2.45) is 4.99 Å². The molecule has 1 saturated heterocycles. The van der Waals surface area contributed by atoms with Crippen molar-refractivity contribution in [2.75, 3.05) is 46.4 Å². The molecule has 1 amide bonds. The SMILES string of the molecule is CCOC(=O)N1CCN(C(=NC)NCCCc2cn(-c3ccccc3)nc2C)CC1.I. The highest BCUT2D eigenvalue weighted by Gasteiger charge is 2.23. The van der Waals surface area contributed by atoms with Gasteiger partial charge < -0.3 is 19.9 Å². The summed E-state index contributed by atoms with van der Waals surface area (Å²) in [6.07, 6.45) is 3.84. The lowest BCUT2D eigenvalue weighted by molar-refractivity contribution is 0.0914. The van der Waals surface area contributed by atoms with Crippen molar-refractivity contribution in [3.8, 4) is 5.69 Å². The first-order valence-corrected chi connectivity index (χ1v) is 10.6. The molecule has 0 atom stereocenters. The van der Waals surface area contributed by atoms with Crippen molar-refractivity contribution < 1.29 is 9.53 Å². The number of nitrogens with one attached hydrogen (secondary N) is 1. The Labute approximate surface area is 201 Å². The van der Waals surface area contributed by atoms with Crippen LogP contribution in [0.25, 0.3) is 5.69 Å². The van der Waals surface area contributed by atoms with Crippen LogP contribution in [0.5, 0.6) is 0 Å². The summed E-state index contributed by atoms with van der Waals surface area (Å²) < 4.78 is 7.02. The van der Waals surface area contributed by atoms with Gasteiger partial charge in [-0.1, -0.05) is 18.2 Å². The summed E-state index contributed by atoms with van der Waals surface area (Å²) in [7, 11) is 1.80. The Morgan fingerprint density at radius 2 is 1.84 bits per heavy atom. The van der Waals surface area contributed by atoms with Crippen molar-refractivity contribution in [3.63, 3.8) is 0 Å². The van der Waals surface area contributed by atoms with E-state index in [0.29, 0.717) is 19.7 Å². The van der Waals surface area contributed by atoms with Crippen LogP contribution >= 0.6 is 24.0 Å². The summed E-state index contributed by atoms with van der Waals surface area (Å²) in [4.78, 5) is 20.2. The van der Waals surface area contributed by atoms with Crippen LogP contribution in [-0.4, -0.2) is 78.0 Å². The maximum absolute atomic E-state index is 11.8. The third-order valence-corrected chi connectivity index (χ3v) is 5.24. The summed E-state index contributed by atoms with van der Waals surface area (Å²) in [6, 6.07) is 10.2. The van der Waals surface area contributed by atoms with Crippen molar-refractivity contribution in [1.82, 2.24) is 24.9 Å². The van der Waals surface area contributed by atoms with E-state index in [9.17, 15) is 4.79 Å². The molecule has 0 bridgehead atoms. The topological polar surface area (TPSA) is 75.0 Å². The molecule has 0 unspecified atom stereocenters. The van der Waals surface area contributed by atoms with E-state index in [1.165, 1.54) is 5.56 Å². The average Bonchev–Trinajstić information content (AvgIpc) is 3.15. The molecule has 0 saturated carbocycles. The van der Waals surface area contributed by atoms with Crippen molar-refractivity contribution in [1.29, 1.82) is 0 Å². The van der Waals surface area contributed by atoms with Crippen LogP contribution in [0, 0.1) is 6.92 Å². The zero-order valence-electron chi connectivity index (χ0n) is 18.6. The number of rotatable bonds is 6. The lowest BCUT2D eigenvalue weighted by atomic mass is 10.1. The van der Waals surface area contributed by atoms with Gasteiger partial charge in [0.15, 0.2) is 5.96 Å². The Balaban J connectivity index is 0.00000341. The van der Waals surface area contributed by atoms with E-state index >= 15 is 0 Å². The highest BCUT2D eigenvalue weighted by atomic mass is 127. The third kappa shape index (κ3) is 6.84. The molecule has 2 aromatic rings. The maximum Gasteiger partial charge on any atom is 0.409 e. The van der Waals surface area contributed by atoms with Gasteiger partial charge in [-0.15, -0.1) is 24.0 Å². The second-order valence-corrected chi connectivity index (χ2v) is 7.27. The minimum atomic E-state index is -0.230. The Bertz CT molecular complexity index is 847. The monoisotopic (exact) mass is 540 g/mol. The first-order valence-electron chi connectivity index (χ1n) is 10.6. The fourth-order valence-electron chi connectivity index (χ4n) is 3.58. The third-order valence-electron chi connectivity index (χ3n) is 5.24. The summed E-state index contributed by atoms with van der Waals surface area (Å²) in [5, 5.41) is 8.09. The molecule has 8 nitrogen and oxygen atoms in total. The molecule has 3 rings (SSSR count). The smallest absolute Gasteiger partial charge is 0.409 e. The van der Waals surface area contributed by atoms with Crippen LogP contribution in [0.15, 0.2) is 41.5 Å². The molecule has 1 aliphatic rings. The molecule has 1 N–H and O–H groups in total. The predicted molar refractivity (Wildman–Crippen MR) is 134 cm³/mol. The minimum absolute atomic E-state index is 0. The van der Waals surface area contributed by atoms with Gasteiger partial charge >= 0.3 is 6.09 Å². The fourth-order valence-corrected chi connectivity index (χ4v) is 3.58. The van der Waals surface area contributed by atoms with Crippen LogP contribution in [0.1, 0.15) is 24.6 Å². The van der Waals surface area contributed by atoms with Gasteiger partial charge in [-0.25, -0.2) is 9.48 Å². The molecule has 0 aliphatic carbocycles. The standard InChI is InChI=1S/C22H32N6O2.HI/c1-4-30-22(29)27-15-13-26(14-16-27)21(23-3)24-12-8-9-19-17-28(25-18(19)2)20-10-6-5-7-11-20;/h5-7,10-11,17H,4,8-9,12-16H2,1-3H3,(H,23,24);1H. The summed E-state index contributed by atoms with van der Waals surface area (Å²) in [6.45, 7) is 7.93. The molecule has 0 radical (unpaired) electrons. The molecule has 1 aromatic heterocycles. The summed E-state index contributed by atoms with van der Waals surface area (Å²) in [5.74, 6) is 0.884. The van der Waals surface area contributed by atoms with Gasteiger partial charge in [-0.2, -0.15) is 5.10 Å². The maximum atomic E-state index is 11.8. The second-order valence-electron chi connectivity index (χ2n) is 7.27. The number of ether oxygens (including phenoxy) is 1. The van der Waals surface area contributed by atoms with Crippen LogP contribution < -0.4 is 5.32 Å². The van der Waals surface area contributed by atoms with E-state index in [1.807, 2.05) is 29.8 Å². The van der Waals surface area contributed by atoms with E-state index in [0.717, 1.165) is 49.8 Å². The van der Waals surface area contributed by atoms with E-state index in [4.69, 9.17) is 4.74 Å². The minimum Gasteiger partial charge on any atom is -0.450 e. The number of halogens is 1. The second kappa shape index (κ2) is 12.5. The molecule has 170 valence electrons. The zero-order valence-corrected chi connectivity index (χ0v) is 20.9. The number of piperazine rings is 1. The summed E-state index contributed by atoms with van der Waals surface area (Å²) >= 11 is 0. The number of carbonyl (C=O) groups excluding carboxylic acids is 1. The molecule has 2 heterocycles. The van der Waals surface area contributed by atoms with Gasteiger partial charge in [-0.05, 0) is 44.4 Å². The number of para-hydroxylation sites is 1. The van der Waals surface area contributed by atoms with Gasteiger partial charge in [-0.3, -0.25) is 4.99 Å². The zero-order chi connectivity index (χ0) is 21.3. The number of carbonyl (C=O) groups is 1. The molecule has 9 heteroatoms. The number of benzene rings is 1. The fraction of sp³-hybridized carbons (Fsp3) is 0.500.